The van der Waals surface area contributed by atoms with Crippen molar-refractivity contribution in [1.82, 2.24) is 10.3 Å². The Morgan fingerprint density at radius 2 is 2.00 bits per heavy atom. The maximum absolute atomic E-state index is 10.4. The van der Waals surface area contributed by atoms with E-state index in [2.05, 4.69) is 28.5 Å². The molecule has 2 aromatic heterocycles. The van der Waals surface area contributed by atoms with Crippen LogP contribution >= 0.6 is 0 Å². The second kappa shape index (κ2) is 6.77. The average Bonchev–Trinajstić information content (AvgIpc) is 3.11. The quantitative estimate of drug-likeness (QED) is 0.733. The van der Waals surface area contributed by atoms with E-state index in [1.54, 1.807) is 31.5 Å². The van der Waals surface area contributed by atoms with Gasteiger partial charge >= 0.3 is 0 Å². The summed E-state index contributed by atoms with van der Waals surface area (Å²) in [5, 5.41) is 13.7. The number of rotatable bonds is 6. The minimum atomic E-state index is -1.02. The summed E-state index contributed by atoms with van der Waals surface area (Å²) in [6.45, 7) is 2.83. The largest absolute Gasteiger partial charge is 0.466 e. The summed E-state index contributed by atoms with van der Waals surface area (Å²) in [5.41, 5.74) is 2.36. The molecule has 3 aromatic rings. The molecule has 3 rings (SSSR count). The lowest BCUT2D eigenvalue weighted by molar-refractivity contribution is 0.0340. The lowest BCUT2D eigenvalue weighted by atomic mass is 10.0. The molecule has 118 valence electrons. The van der Waals surface area contributed by atoms with Crippen LogP contribution in [0.1, 0.15) is 18.2 Å². The monoisotopic (exact) mass is 308 g/mol. The lowest BCUT2D eigenvalue weighted by Crippen LogP contribution is -2.34. The van der Waals surface area contributed by atoms with Gasteiger partial charge in [0.25, 0.3) is 0 Å². The number of hydrogen-bond donors (Lipinski definition) is 2. The van der Waals surface area contributed by atoms with E-state index in [-0.39, 0.29) is 0 Å². The molecule has 1 unspecified atom stereocenters. The molecule has 0 amide bonds. The van der Waals surface area contributed by atoms with Crippen molar-refractivity contribution in [3.8, 4) is 11.1 Å². The molecule has 0 fully saturated rings. The fourth-order valence-corrected chi connectivity index (χ4v) is 2.52. The second-order valence-corrected chi connectivity index (χ2v) is 5.80. The van der Waals surface area contributed by atoms with Crippen LogP contribution in [0.5, 0.6) is 0 Å². The molecule has 0 bridgehead atoms. The molecule has 0 saturated heterocycles. The zero-order chi connectivity index (χ0) is 16.1. The number of aliphatic hydroxyl groups is 1. The van der Waals surface area contributed by atoms with Crippen LogP contribution < -0.4 is 5.32 Å². The van der Waals surface area contributed by atoms with Gasteiger partial charge in [-0.05, 0) is 47.9 Å². The normalized spacial score (nSPS) is 13.7. The van der Waals surface area contributed by atoms with Crippen LogP contribution in [0, 0.1) is 0 Å². The number of aromatic nitrogens is 1. The van der Waals surface area contributed by atoms with E-state index in [1.807, 2.05) is 24.4 Å². The van der Waals surface area contributed by atoms with Gasteiger partial charge in [0.2, 0.25) is 0 Å². The lowest BCUT2D eigenvalue weighted by Gasteiger charge is -2.21. The molecule has 1 atom stereocenters. The van der Waals surface area contributed by atoms with Crippen LogP contribution in [0.2, 0.25) is 0 Å². The van der Waals surface area contributed by atoms with Gasteiger partial charge < -0.3 is 14.8 Å². The van der Waals surface area contributed by atoms with Crippen LogP contribution in [0.15, 0.2) is 71.6 Å². The number of pyridine rings is 1. The first-order chi connectivity index (χ1) is 11.1. The molecule has 0 saturated carbocycles. The average molecular weight is 308 g/mol. The highest BCUT2D eigenvalue weighted by Crippen LogP contribution is 2.21. The van der Waals surface area contributed by atoms with Crippen molar-refractivity contribution < 1.29 is 9.52 Å². The molecule has 1 aromatic carbocycles. The molecular weight excluding hydrogens is 288 g/mol. The van der Waals surface area contributed by atoms with Gasteiger partial charge in [-0.2, -0.15) is 0 Å². The fraction of sp³-hybridized carbons (Fsp3) is 0.211. The Morgan fingerprint density at radius 3 is 2.74 bits per heavy atom. The minimum Gasteiger partial charge on any atom is -0.466 e. The Kier molecular flexibility index (Phi) is 4.55. The summed E-state index contributed by atoms with van der Waals surface area (Å²) in [7, 11) is 0. The van der Waals surface area contributed by atoms with Gasteiger partial charge in [0.15, 0.2) is 0 Å². The molecule has 4 nitrogen and oxygen atoms in total. The summed E-state index contributed by atoms with van der Waals surface area (Å²) in [4.78, 5) is 4.15. The SMILES string of the molecule is CC(O)(CNCc1cccc(-c2cccnc2)c1)c1ccco1. The molecule has 2 N–H and O–H groups in total. The number of furan rings is 1. The number of benzene rings is 1. The Balaban J connectivity index is 1.63. The zero-order valence-corrected chi connectivity index (χ0v) is 13.1. The maximum atomic E-state index is 10.4. The van der Waals surface area contributed by atoms with Gasteiger partial charge in [-0.25, -0.2) is 0 Å². The third-order valence-corrected chi connectivity index (χ3v) is 3.77. The van der Waals surface area contributed by atoms with Crippen LogP contribution in [0.25, 0.3) is 11.1 Å². The van der Waals surface area contributed by atoms with Crippen LogP contribution in [0.3, 0.4) is 0 Å². The summed E-state index contributed by atoms with van der Waals surface area (Å²) in [6, 6.07) is 15.8. The standard InChI is InChI=1S/C19H20N2O2/c1-19(22,18-8-4-10-23-18)14-21-12-15-5-2-6-16(11-15)17-7-3-9-20-13-17/h2-11,13,21-22H,12,14H2,1H3. The van der Waals surface area contributed by atoms with Gasteiger partial charge in [-0.1, -0.05) is 24.3 Å². The van der Waals surface area contributed by atoms with Crippen molar-refractivity contribution in [3.05, 3.63) is 78.5 Å². The Morgan fingerprint density at radius 1 is 1.13 bits per heavy atom. The maximum Gasteiger partial charge on any atom is 0.136 e. The molecule has 4 heteroatoms. The number of nitrogens with one attached hydrogen (secondary N) is 1. The van der Waals surface area contributed by atoms with E-state index >= 15 is 0 Å². The third-order valence-electron chi connectivity index (χ3n) is 3.77. The highest BCUT2D eigenvalue weighted by atomic mass is 16.4. The molecule has 0 aliphatic rings. The topological polar surface area (TPSA) is 58.3 Å². The van der Waals surface area contributed by atoms with Crippen molar-refractivity contribution in [1.29, 1.82) is 0 Å². The smallest absolute Gasteiger partial charge is 0.136 e. The van der Waals surface area contributed by atoms with Gasteiger partial charge in [0.1, 0.15) is 11.4 Å². The van der Waals surface area contributed by atoms with Crippen LogP contribution in [-0.2, 0) is 12.1 Å². The molecular formula is C19H20N2O2. The summed E-state index contributed by atoms with van der Waals surface area (Å²) in [5.74, 6) is 0.564. The summed E-state index contributed by atoms with van der Waals surface area (Å²) in [6.07, 6.45) is 5.20. The molecule has 0 aliphatic heterocycles. The number of hydrogen-bond acceptors (Lipinski definition) is 4. The molecule has 0 aliphatic carbocycles. The Labute approximate surface area is 135 Å². The highest BCUT2D eigenvalue weighted by molar-refractivity contribution is 5.62. The van der Waals surface area contributed by atoms with E-state index in [0.717, 1.165) is 16.7 Å². The Bertz CT molecular complexity index is 737. The second-order valence-electron chi connectivity index (χ2n) is 5.80. The van der Waals surface area contributed by atoms with E-state index in [9.17, 15) is 5.11 Å². The molecule has 0 radical (unpaired) electrons. The van der Waals surface area contributed by atoms with E-state index in [0.29, 0.717) is 18.8 Å². The zero-order valence-electron chi connectivity index (χ0n) is 13.1. The minimum absolute atomic E-state index is 0.414. The van der Waals surface area contributed by atoms with Gasteiger partial charge in [-0.15, -0.1) is 0 Å². The fourth-order valence-electron chi connectivity index (χ4n) is 2.52. The van der Waals surface area contributed by atoms with Gasteiger partial charge in [0, 0.05) is 25.5 Å². The van der Waals surface area contributed by atoms with E-state index in [1.165, 1.54) is 0 Å². The van der Waals surface area contributed by atoms with E-state index in [4.69, 9.17) is 4.42 Å². The first kappa shape index (κ1) is 15.5. The third kappa shape index (κ3) is 3.86. The molecule has 2 heterocycles. The van der Waals surface area contributed by atoms with Gasteiger partial charge in [-0.3, -0.25) is 4.98 Å². The number of nitrogens with zero attached hydrogens (tertiary/aromatic N) is 1. The summed E-state index contributed by atoms with van der Waals surface area (Å²) >= 11 is 0. The van der Waals surface area contributed by atoms with Crippen molar-refractivity contribution in [2.75, 3.05) is 6.54 Å². The van der Waals surface area contributed by atoms with Crippen molar-refractivity contribution in [3.63, 3.8) is 0 Å². The highest BCUT2D eigenvalue weighted by Gasteiger charge is 2.25. The van der Waals surface area contributed by atoms with Crippen LogP contribution in [0.4, 0.5) is 0 Å². The van der Waals surface area contributed by atoms with Crippen molar-refractivity contribution in [2.45, 2.75) is 19.1 Å². The first-order valence-corrected chi connectivity index (χ1v) is 7.61. The first-order valence-electron chi connectivity index (χ1n) is 7.61. The van der Waals surface area contributed by atoms with Crippen molar-refractivity contribution >= 4 is 0 Å². The Hall–Kier alpha value is -2.43. The van der Waals surface area contributed by atoms with Crippen molar-refractivity contribution in [2.24, 2.45) is 0 Å². The van der Waals surface area contributed by atoms with E-state index < -0.39 is 5.60 Å². The molecule has 0 spiro atoms. The molecule has 23 heavy (non-hydrogen) atoms. The summed E-state index contributed by atoms with van der Waals surface area (Å²) < 4.78 is 5.28. The predicted octanol–water partition coefficient (Wildman–Crippen LogP) is 3.34. The van der Waals surface area contributed by atoms with Crippen LogP contribution in [-0.4, -0.2) is 16.6 Å². The van der Waals surface area contributed by atoms with Gasteiger partial charge in [0.05, 0.1) is 6.26 Å². The predicted molar refractivity (Wildman–Crippen MR) is 89.7 cm³/mol.